The van der Waals surface area contributed by atoms with Gasteiger partial charge in [-0.1, -0.05) is 60.2 Å². The molecule has 34 heavy (non-hydrogen) atoms. The van der Waals surface area contributed by atoms with Gasteiger partial charge in [0, 0.05) is 29.5 Å². The van der Waals surface area contributed by atoms with Gasteiger partial charge in [-0.25, -0.2) is 4.98 Å². The first-order valence-electron chi connectivity index (χ1n) is 10.9. The first-order valence-corrected chi connectivity index (χ1v) is 10.9. The number of aromatic amines is 1. The van der Waals surface area contributed by atoms with Gasteiger partial charge >= 0.3 is 0 Å². The van der Waals surface area contributed by atoms with Gasteiger partial charge in [0.2, 0.25) is 17.7 Å². The molecule has 0 unspecified atom stereocenters. The minimum absolute atomic E-state index is 0.162. The highest BCUT2D eigenvalue weighted by Gasteiger charge is 2.15. The van der Waals surface area contributed by atoms with E-state index in [1.165, 1.54) is 0 Å². The van der Waals surface area contributed by atoms with E-state index < -0.39 is 0 Å². The van der Waals surface area contributed by atoms with Crippen LogP contribution in [-0.4, -0.2) is 31.3 Å². The predicted octanol–water partition coefficient (Wildman–Crippen LogP) is 5.07. The van der Waals surface area contributed by atoms with Crippen LogP contribution in [0.25, 0.3) is 34.2 Å². The summed E-state index contributed by atoms with van der Waals surface area (Å²) in [5.74, 6) is 1.87. The highest BCUT2D eigenvalue weighted by Crippen LogP contribution is 2.27. The molecular weight excluding hydrogens is 428 g/mol. The maximum absolute atomic E-state index is 12.7. The Bertz CT molecular complexity index is 1410. The molecule has 0 fully saturated rings. The van der Waals surface area contributed by atoms with Crippen molar-refractivity contribution in [3.63, 3.8) is 0 Å². The number of rotatable bonds is 7. The normalized spacial score (nSPS) is 10.9. The molecular formula is C26H22N6O2. The predicted molar refractivity (Wildman–Crippen MR) is 129 cm³/mol. The molecule has 5 rings (SSSR count). The topological polar surface area (TPSA) is 110 Å². The van der Waals surface area contributed by atoms with Crippen LogP contribution in [0.1, 0.15) is 17.9 Å². The van der Waals surface area contributed by atoms with Gasteiger partial charge in [-0.15, -0.1) is 10.2 Å². The minimum atomic E-state index is -0.162. The number of para-hydroxylation sites is 1. The van der Waals surface area contributed by atoms with Crippen LogP contribution >= 0.6 is 0 Å². The van der Waals surface area contributed by atoms with Crippen molar-refractivity contribution in [2.75, 3.05) is 5.32 Å². The highest BCUT2D eigenvalue weighted by atomic mass is 16.4. The van der Waals surface area contributed by atoms with E-state index in [0.29, 0.717) is 35.5 Å². The number of carbonyl (C=O) groups is 1. The SMILES string of the molecule is Cc1ccc(-c2nnc(CCC(=O)Nc3ccccc3-c3nc(-c4ccccc4)n[nH]3)o2)cc1. The molecule has 2 heterocycles. The Kier molecular flexibility index (Phi) is 5.94. The minimum Gasteiger partial charge on any atom is -0.421 e. The van der Waals surface area contributed by atoms with Crippen molar-refractivity contribution in [2.45, 2.75) is 19.8 Å². The van der Waals surface area contributed by atoms with Crippen LogP contribution in [0.2, 0.25) is 0 Å². The molecule has 168 valence electrons. The maximum atomic E-state index is 12.7. The molecule has 0 saturated carbocycles. The Morgan fingerprint density at radius 1 is 0.912 bits per heavy atom. The summed E-state index contributed by atoms with van der Waals surface area (Å²) in [5.41, 5.74) is 4.32. The number of benzene rings is 3. The maximum Gasteiger partial charge on any atom is 0.247 e. The summed E-state index contributed by atoms with van der Waals surface area (Å²) < 4.78 is 5.72. The number of nitrogens with one attached hydrogen (secondary N) is 2. The molecule has 0 radical (unpaired) electrons. The third kappa shape index (κ3) is 4.75. The standard InChI is InChI=1S/C26H22N6O2/c1-17-11-13-19(14-12-17)26-32-29-23(34-26)16-15-22(33)27-21-10-6-5-9-20(21)25-28-24(30-31-25)18-7-3-2-4-8-18/h2-14H,15-16H2,1H3,(H,27,33)(H,28,30,31). The van der Waals surface area contributed by atoms with Crippen molar-refractivity contribution >= 4 is 11.6 Å². The number of aryl methyl sites for hydroxylation is 2. The summed E-state index contributed by atoms with van der Waals surface area (Å²) in [6.07, 6.45) is 0.545. The molecule has 2 aromatic heterocycles. The van der Waals surface area contributed by atoms with Gasteiger partial charge in [0.25, 0.3) is 0 Å². The Labute approximate surface area is 196 Å². The largest absolute Gasteiger partial charge is 0.421 e. The van der Waals surface area contributed by atoms with Crippen molar-refractivity contribution < 1.29 is 9.21 Å². The molecule has 0 bridgehead atoms. The van der Waals surface area contributed by atoms with E-state index in [-0.39, 0.29) is 12.3 Å². The van der Waals surface area contributed by atoms with Crippen LogP contribution in [0.3, 0.4) is 0 Å². The average Bonchev–Trinajstić information content (AvgIpc) is 3.55. The monoisotopic (exact) mass is 450 g/mol. The van der Waals surface area contributed by atoms with E-state index in [1.807, 2.05) is 85.8 Å². The van der Waals surface area contributed by atoms with Crippen molar-refractivity contribution in [1.29, 1.82) is 0 Å². The van der Waals surface area contributed by atoms with E-state index in [4.69, 9.17) is 4.42 Å². The van der Waals surface area contributed by atoms with Crippen molar-refractivity contribution in [3.05, 3.63) is 90.3 Å². The lowest BCUT2D eigenvalue weighted by Crippen LogP contribution is -2.13. The fourth-order valence-corrected chi connectivity index (χ4v) is 3.50. The first kappa shape index (κ1) is 21.3. The third-order valence-corrected chi connectivity index (χ3v) is 5.30. The number of H-pyrrole nitrogens is 1. The third-order valence-electron chi connectivity index (χ3n) is 5.30. The van der Waals surface area contributed by atoms with Gasteiger partial charge in [0.1, 0.15) is 0 Å². The zero-order valence-corrected chi connectivity index (χ0v) is 18.5. The summed E-state index contributed by atoms with van der Waals surface area (Å²) in [4.78, 5) is 17.3. The first-order chi connectivity index (χ1) is 16.7. The molecule has 0 spiro atoms. The zero-order valence-electron chi connectivity index (χ0n) is 18.5. The van der Waals surface area contributed by atoms with E-state index in [9.17, 15) is 4.79 Å². The van der Waals surface area contributed by atoms with Gasteiger partial charge in [0.15, 0.2) is 11.6 Å². The van der Waals surface area contributed by atoms with Crippen LogP contribution in [0.15, 0.2) is 83.3 Å². The van der Waals surface area contributed by atoms with Crippen LogP contribution in [0.5, 0.6) is 0 Å². The Morgan fingerprint density at radius 2 is 1.68 bits per heavy atom. The molecule has 3 aromatic carbocycles. The van der Waals surface area contributed by atoms with Gasteiger partial charge in [-0.2, -0.15) is 5.10 Å². The Hall–Kier alpha value is -4.59. The smallest absolute Gasteiger partial charge is 0.247 e. The van der Waals surface area contributed by atoms with Gasteiger partial charge in [-0.3, -0.25) is 9.89 Å². The zero-order chi connectivity index (χ0) is 23.3. The molecule has 0 aliphatic heterocycles. The van der Waals surface area contributed by atoms with Crippen LogP contribution in [0.4, 0.5) is 5.69 Å². The fraction of sp³-hybridized carbons (Fsp3) is 0.115. The molecule has 0 aliphatic carbocycles. The second-order valence-corrected chi connectivity index (χ2v) is 7.83. The lowest BCUT2D eigenvalue weighted by Gasteiger charge is -2.08. The van der Waals surface area contributed by atoms with E-state index >= 15 is 0 Å². The summed E-state index contributed by atoms with van der Waals surface area (Å²) in [7, 11) is 0. The van der Waals surface area contributed by atoms with Crippen molar-refractivity contribution in [3.8, 4) is 34.2 Å². The number of carbonyl (C=O) groups excluding carboxylic acids is 1. The van der Waals surface area contributed by atoms with Gasteiger partial charge in [-0.05, 0) is 31.2 Å². The van der Waals surface area contributed by atoms with Crippen LogP contribution < -0.4 is 5.32 Å². The fourth-order valence-electron chi connectivity index (χ4n) is 3.50. The summed E-state index contributed by atoms with van der Waals surface area (Å²) >= 11 is 0. The summed E-state index contributed by atoms with van der Waals surface area (Å²) in [5, 5.41) is 18.4. The Morgan fingerprint density at radius 3 is 2.50 bits per heavy atom. The Balaban J connectivity index is 1.25. The number of anilines is 1. The van der Waals surface area contributed by atoms with E-state index in [1.54, 1.807) is 0 Å². The molecule has 0 atom stereocenters. The molecule has 8 nitrogen and oxygen atoms in total. The average molecular weight is 451 g/mol. The van der Waals surface area contributed by atoms with E-state index in [0.717, 1.165) is 22.3 Å². The molecule has 5 aromatic rings. The van der Waals surface area contributed by atoms with Crippen LogP contribution in [0, 0.1) is 6.92 Å². The quantitative estimate of drug-likeness (QED) is 0.358. The lowest BCUT2D eigenvalue weighted by molar-refractivity contribution is -0.116. The molecule has 1 amide bonds. The molecule has 8 heteroatoms. The number of nitrogens with zero attached hydrogens (tertiary/aromatic N) is 4. The van der Waals surface area contributed by atoms with Crippen LogP contribution in [-0.2, 0) is 11.2 Å². The molecule has 0 saturated heterocycles. The summed E-state index contributed by atoms with van der Waals surface area (Å²) in [6, 6.07) is 25.0. The summed E-state index contributed by atoms with van der Waals surface area (Å²) in [6.45, 7) is 2.02. The number of hydrogen-bond donors (Lipinski definition) is 2. The molecule has 2 N–H and O–H groups in total. The second kappa shape index (κ2) is 9.50. The number of amides is 1. The highest BCUT2D eigenvalue weighted by molar-refractivity contribution is 5.94. The lowest BCUT2D eigenvalue weighted by atomic mass is 10.1. The van der Waals surface area contributed by atoms with E-state index in [2.05, 4.69) is 30.7 Å². The van der Waals surface area contributed by atoms with Gasteiger partial charge in [0.05, 0.1) is 5.69 Å². The van der Waals surface area contributed by atoms with Gasteiger partial charge < -0.3 is 9.73 Å². The second-order valence-electron chi connectivity index (χ2n) is 7.83. The number of aromatic nitrogens is 5. The molecule has 0 aliphatic rings. The van der Waals surface area contributed by atoms with Crippen molar-refractivity contribution in [2.24, 2.45) is 0 Å². The van der Waals surface area contributed by atoms with Crippen molar-refractivity contribution in [1.82, 2.24) is 25.4 Å². The number of hydrogen-bond acceptors (Lipinski definition) is 6.